The smallest absolute Gasteiger partial charge is 0.297 e. The normalized spacial score (nSPS) is 50.5. The van der Waals surface area contributed by atoms with Crippen molar-refractivity contribution in [3.63, 3.8) is 0 Å². The van der Waals surface area contributed by atoms with E-state index in [1.165, 1.54) is 12.1 Å². The van der Waals surface area contributed by atoms with Crippen LogP contribution in [0, 0.1) is 6.92 Å². The molecule has 21 saturated heterocycles. The highest BCUT2D eigenvalue weighted by molar-refractivity contribution is 7.86. The molecule has 14 bridgehead atoms. The average Bonchev–Trinajstić information content (AvgIpc) is 1.08. The van der Waals surface area contributed by atoms with E-state index in [4.69, 9.17) is 70.5 Å². The van der Waals surface area contributed by atoms with Crippen LogP contribution < -0.4 is 0 Å². The Morgan fingerprint density at radius 2 is 0.494 bits per heavy atom. The number of rotatable bonds is 10. The first-order chi connectivity index (χ1) is 41.3. The van der Waals surface area contributed by atoms with Crippen LogP contribution in [0.2, 0.25) is 0 Å². The third-order valence-electron chi connectivity index (χ3n) is 16.3. The van der Waals surface area contributed by atoms with Crippen LogP contribution in [0.25, 0.3) is 0 Å². The number of aliphatic hydroxyl groups is 20. The van der Waals surface area contributed by atoms with E-state index in [0.29, 0.717) is 5.56 Å². The lowest BCUT2D eigenvalue weighted by molar-refractivity contribution is -0.396. The molecule has 0 aromatic heterocycles. The highest BCUT2D eigenvalue weighted by Crippen LogP contribution is 2.40. The highest BCUT2D eigenvalue weighted by atomic mass is 32.2. The standard InChI is InChI=1S/C49H76O37S/c1-13-2-4-14(5-3-13)87(70,71)86-42-34(69)41-21(12-56)78-49(42)85-40-20(11-55)77-47(33(68)27(40)62)83-38-18(9-53)75-45(31(66)25(38)60)81-36-16(7-51)73-43(29(64)23(36)58)79-35-15(6-50)72-44(28(63)22(35)57)80-37-17(8-52)74-46(30(65)24(37)59)82-39-19(10-54)76-48(84-41)32(67)26(39)61/h2-5,15-69H,6-12H2,1H3/t15?,16?,17?,18?,19?,20?,21?,22?,23?,24?,25?,26?,27?,28?,29?,30?,31?,32?,33?,34?,35-,36+,37-,38+,39-,40+,41-,42?,43-,44-,45-,46-,47-,48-,49+/m0/s1. The van der Waals surface area contributed by atoms with E-state index in [1.54, 1.807) is 6.92 Å². The Morgan fingerprint density at radius 1 is 0.299 bits per heavy atom. The first kappa shape index (κ1) is 69.1. The van der Waals surface area contributed by atoms with Crippen LogP contribution in [0.3, 0.4) is 0 Å². The molecule has 35 atom stereocenters. The van der Waals surface area contributed by atoms with Crippen LogP contribution in [-0.4, -0.2) is 372 Å². The van der Waals surface area contributed by atoms with E-state index in [9.17, 15) is 111 Å². The first-order valence-electron chi connectivity index (χ1n) is 27.6. The summed E-state index contributed by atoms with van der Waals surface area (Å²) in [5.41, 5.74) is 0.600. The summed E-state index contributed by atoms with van der Waals surface area (Å²) in [5.74, 6) is 0. The number of aryl methyl sites for hydroxylation is 1. The van der Waals surface area contributed by atoms with Crippen molar-refractivity contribution in [3.05, 3.63) is 29.8 Å². The van der Waals surface area contributed by atoms with E-state index in [0.717, 1.165) is 12.1 Å². The lowest BCUT2D eigenvalue weighted by Crippen LogP contribution is -2.68. The molecule has 21 fully saturated rings. The van der Waals surface area contributed by atoms with Crippen molar-refractivity contribution in [3.8, 4) is 0 Å². The van der Waals surface area contributed by atoms with E-state index < -0.39 is 276 Å². The summed E-state index contributed by atoms with van der Waals surface area (Å²) in [6.45, 7) is -6.12. The monoisotopic (exact) mass is 1290 g/mol. The van der Waals surface area contributed by atoms with Gasteiger partial charge in [0.25, 0.3) is 10.1 Å². The molecule has 21 aliphatic rings. The second-order valence-electron chi connectivity index (χ2n) is 22.0. The molecule has 20 N–H and O–H groups in total. The molecule has 37 nitrogen and oxygen atoms in total. The van der Waals surface area contributed by atoms with Crippen LogP contribution in [0.15, 0.2) is 29.2 Å². The summed E-state index contributed by atoms with van der Waals surface area (Å²) in [4.78, 5) is -0.504. The molecule has 22 rings (SSSR count). The molecular formula is C49H76O37S. The van der Waals surface area contributed by atoms with Crippen LogP contribution in [-0.2, 0) is 80.6 Å². The van der Waals surface area contributed by atoms with Crippen molar-refractivity contribution < 1.29 is 181 Å². The van der Waals surface area contributed by atoms with Gasteiger partial charge >= 0.3 is 0 Å². The fourth-order valence-electron chi connectivity index (χ4n) is 11.4. The quantitative estimate of drug-likeness (QED) is 0.0967. The van der Waals surface area contributed by atoms with Crippen LogP contribution >= 0.6 is 0 Å². The van der Waals surface area contributed by atoms with Gasteiger partial charge in [0.1, 0.15) is 165 Å². The molecule has 0 radical (unpaired) electrons. The number of hydrogen-bond acceptors (Lipinski definition) is 37. The van der Waals surface area contributed by atoms with Gasteiger partial charge in [-0.15, -0.1) is 0 Å². The Balaban J connectivity index is 1.04. The van der Waals surface area contributed by atoms with Gasteiger partial charge in [-0.25, -0.2) is 0 Å². The maximum Gasteiger partial charge on any atom is 0.297 e. The molecule has 21 heterocycles. The fraction of sp³-hybridized carbons (Fsp3) is 0.878. The zero-order chi connectivity index (χ0) is 63.2. The Morgan fingerprint density at radius 3 is 0.713 bits per heavy atom. The maximum atomic E-state index is 14.0. The van der Waals surface area contributed by atoms with E-state index in [2.05, 4.69) is 0 Å². The lowest BCUT2D eigenvalue weighted by atomic mass is 9.95. The highest BCUT2D eigenvalue weighted by Gasteiger charge is 2.60. The zero-order valence-corrected chi connectivity index (χ0v) is 46.6. The molecule has 87 heavy (non-hydrogen) atoms. The number of ether oxygens (including phenoxy) is 14. The zero-order valence-electron chi connectivity index (χ0n) is 45.8. The molecule has 1 aromatic carbocycles. The Hall–Kier alpha value is -2.23. The van der Waals surface area contributed by atoms with E-state index in [-0.39, 0.29) is 0 Å². The van der Waals surface area contributed by atoms with Crippen molar-refractivity contribution >= 4 is 10.1 Å². The Labute approximate surface area is 492 Å². The van der Waals surface area contributed by atoms with E-state index >= 15 is 0 Å². The average molecular weight is 1290 g/mol. The second kappa shape index (κ2) is 29.0. The largest absolute Gasteiger partial charge is 0.394 e. The summed E-state index contributed by atoms with van der Waals surface area (Å²) >= 11 is 0. The molecule has 0 saturated carbocycles. The minimum absolute atomic E-state index is 0.504. The SMILES string of the molecule is Cc1ccc(S(=O)(=O)OC2C(O)[C@H]3O[C@@H]4OC(CO)[C@H](O[C@@H]5OC(CO)[C@H](O[C@@H]6OC(CO)[C@H](O[C@@H]7OC(CO)[C@@H](O[C@@H]8OC(CO)[C@@H](O[C@@H]9OC(CO)[C@@H](O[C@H]2OC3CO)C(O)C9O)C(O)C8O)C(O)C7O)C(O)C6O)C(O)C5O)C(O)C4O)cc1. The number of hydrogen-bond donors (Lipinski definition) is 20. The van der Waals surface area contributed by atoms with Gasteiger partial charge in [-0.3, -0.25) is 4.18 Å². The number of aliphatic hydroxyl groups excluding tert-OH is 20. The Kier molecular flexibility index (Phi) is 23.0. The van der Waals surface area contributed by atoms with Gasteiger partial charge in [0.05, 0.1) is 51.1 Å². The van der Waals surface area contributed by atoms with E-state index in [1.807, 2.05) is 0 Å². The van der Waals surface area contributed by atoms with Gasteiger partial charge in [0, 0.05) is 0 Å². The van der Waals surface area contributed by atoms with Gasteiger partial charge in [-0.2, -0.15) is 8.42 Å². The molecule has 21 aliphatic heterocycles. The third-order valence-corrected chi connectivity index (χ3v) is 17.6. The molecule has 21 unspecified atom stereocenters. The van der Waals surface area contributed by atoms with Crippen molar-refractivity contribution in [1.82, 2.24) is 0 Å². The predicted molar refractivity (Wildman–Crippen MR) is 266 cm³/mol. The molecule has 0 amide bonds. The first-order valence-corrected chi connectivity index (χ1v) is 29.0. The van der Waals surface area contributed by atoms with Crippen molar-refractivity contribution in [2.45, 2.75) is 227 Å². The molecule has 1 aromatic rings. The van der Waals surface area contributed by atoms with Crippen LogP contribution in [0.1, 0.15) is 5.56 Å². The maximum absolute atomic E-state index is 14.0. The Bertz CT molecular complexity index is 2430. The predicted octanol–water partition coefficient (Wildman–Crippen LogP) is -13.5. The molecule has 0 aliphatic carbocycles. The van der Waals surface area contributed by atoms with Gasteiger partial charge < -0.3 is 168 Å². The van der Waals surface area contributed by atoms with Crippen molar-refractivity contribution in [2.75, 3.05) is 46.2 Å². The molecular weight excluding hydrogens is 1210 g/mol. The summed E-state index contributed by atoms with van der Waals surface area (Å²) < 4.78 is 114. The van der Waals surface area contributed by atoms with Crippen LogP contribution in [0.4, 0.5) is 0 Å². The summed E-state index contributed by atoms with van der Waals surface area (Å²) in [6, 6.07) is 5.02. The van der Waals surface area contributed by atoms with Crippen molar-refractivity contribution in [2.24, 2.45) is 0 Å². The van der Waals surface area contributed by atoms with Gasteiger partial charge in [0.15, 0.2) is 50.1 Å². The van der Waals surface area contributed by atoms with Gasteiger partial charge in [-0.05, 0) is 19.1 Å². The number of benzene rings is 1. The second-order valence-corrected chi connectivity index (χ2v) is 23.6. The molecule has 0 spiro atoms. The summed E-state index contributed by atoms with van der Waals surface area (Å²) in [6.07, 6.45) is -73.3. The summed E-state index contributed by atoms with van der Waals surface area (Å²) in [5, 5.41) is 223. The lowest BCUT2D eigenvalue weighted by Gasteiger charge is -2.50. The summed E-state index contributed by atoms with van der Waals surface area (Å²) in [7, 11) is -5.02. The topological polar surface area (TPSA) is 577 Å². The van der Waals surface area contributed by atoms with Crippen molar-refractivity contribution in [1.29, 1.82) is 0 Å². The van der Waals surface area contributed by atoms with Crippen LogP contribution in [0.5, 0.6) is 0 Å². The molecule has 500 valence electrons. The fourth-order valence-corrected chi connectivity index (χ4v) is 12.5. The van der Waals surface area contributed by atoms with Gasteiger partial charge in [0.2, 0.25) is 0 Å². The minimum atomic E-state index is -5.02. The van der Waals surface area contributed by atoms with Gasteiger partial charge in [-0.1, -0.05) is 17.7 Å². The molecule has 38 heteroatoms. The third kappa shape index (κ3) is 13.9. The minimum Gasteiger partial charge on any atom is -0.394 e.